The molecule has 0 aromatic heterocycles. The minimum atomic E-state index is 1.22. The molecule has 0 saturated heterocycles. The summed E-state index contributed by atoms with van der Waals surface area (Å²) in [6, 6.07) is 123. The van der Waals surface area contributed by atoms with Crippen LogP contribution in [0.1, 0.15) is 0 Å². The molecular weight excluding hydrogens is 1010 g/mol. The van der Waals surface area contributed by atoms with Crippen molar-refractivity contribution in [2.24, 2.45) is 0 Å². The first kappa shape index (κ1) is 50.1. The fourth-order valence-corrected chi connectivity index (χ4v) is 13.3. The first-order chi connectivity index (χ1) is 41.7. The molecule has 0 amide bonds. The van der Waals surface area contributed by atoms with Crippen LogP contribution in [-0.4, -0.2) is 0 Å². The Hall–Kier alpha value is -10.9. The van der Waals surface area contributed by atoms with E-state index in [0.29, 0.717) is 0 Å². The number of hydrogen-bond acceptors (Lipinski definition) is 0. The van der Waals surface area contributed by atoms with Gasteiger partial charge < -0.3 is 0 Å². The van der Waals surface area contributed by atoms with Crippen molar-refractivity contribution in [3.8, 4) is 89.0 Å². The van der Waals surface area contributed by atoms with Crippen molar-refractivity contribution >= 4 is 64.6 Å². The van der Waals surface area contributed by atoms with E-state index in [9.17, 15) is 0 Å². The maximum atomic E-state index is 2.42. The van der Waals surface area contributed by atoms with Crippen molar-refractivity contribution in [1.29, 1.82) is 0 Å². The van der Waals surface area contributed by atoms with Gasteiger partial charge in [0.15, 0.2) is 0 Å². The molecule has 0 radical (unpaired) electrons. The highest BCUT2D eigenvalue weighted by Gasteiger charge is 2.27. The Morgan fingerprint density at radius 2 is 0.310 bits per heavy atom. The molecule has 0 aliphatic rings. The van der Waals surface area contributed by atoms with Crippen LogP contribution in [0.3, 0.4) is 0 Å². The lowest BCUT2D eigenvalue weighted by Crippen LogP contribution is -1.97. The lowest BCUT2D eigenvalue weighted by molar-refractivity contribution is 1.57. The maximum Gasteiger partial charge on any atom is -0.000139 e. The third-order valence-electron chi connectivity index (χ3n) is 16.8. The summed E-state index contributed by atoms with van der Waals surface area (Å²) in [6.07, 6.45) is 0. The predicted octanol–water partition coefficient (Wildman–Crippen LogP) is 23.6. The van der Waals surface area contributed by atoms with Crippen LogP contribution in [0.5, 0.6) is 0 Å². The van der Waals surface area contributed by atoms with E-state index in [4.69, 9.17) is 0 Å². The first-order valence-electron chi connectivity index (χ1n) is 29.1. The molecule has 392 valence electrons. The SMILES string of the molecule is c1ccc(-c2c(-c3ccccc3)c(-c3ccccc3)c3cc4cc5ccccc5cc4cc3c2-c2ccccc2)cc1.c1ccc(-c2c3ccccc3c(-c3ccccc3)c3c(-c4ccccc4)c4ccccc4c(-c4ccccc4)c23)cc1. The highest BCUT2D eigenvalue weighted by atomic mass is 14.3. The van der Waals surface area contributed by atoms with Gasteiger partial charge in [-0.15, -0.1) is 0 Å². The average Bonchev–Trinajstić information content (AvgIpc) is 1.06. The van der Waals surface area contributed by atoms with E-state index < -0.39 is 0 Å². The largest absolute Gasteiger partial charge is 0.0622 e. The van der Waals surface area contributed by atoms with Crippen molar-refractivity contribution in [3.63, 3.8) is 0 Å². The summed E-state index contributed by atoms with van der Waals surface area (Å²) in [7, 11) is 0. The Kier molecular flexibility index (Phi) is 13.0. The topological polar surface area (TPSA) is 0 Å². The molecule has 84 heavy (non-hydrogen) atoms. The molecule has 0 fully saturated rings. The molecule has 0 bridgehead atoms. The van der Waals surface area contributed by atoms with Gasteiger partial charge >= 0.3 is 0 Å². The van der Waals surface area contributed by atoms with E-state index >= 15 is 0 Å². The molecular formula is C84H56. The summed E-state index contributed by atoms with van der Waals surface area (Å²) >= 11 is 0. The van der Waals surface area contributed by atoms with Crippen molar-refractivity contribution in [3.05, 3.63) is 340 Å². The molecule has 0 N–H and O–H groups in total. The van der Waals surface area contributed by atoms with Crippen molar-refractivity contribution < 1.29 is 0 Å². The van der Waals surface area contributed by atoms with E-state index in [1.807, 2.05) is 0 Å². The number of hydrogen-bond donors (Lipinski definition) is 0. The number of benzene rings is 16. The molecule has 0 heterocycles. The maximum absolute atomic E-state index is 2.42. The van der Waals surface area contributed by atoms with Gasteiger partial charge in [-0.05, 0) is 178 Å². The molecule has 16 aromatic rings. The van der Waals surface area contributed by atoms with Crippen LogP contribution in [0.4, 0.5) is 0 Å². The fraction of sp³-hybridized carbons (Fsp3) is 0. The van der Waals surface area contributed by atoms with Crippen LogP contribution in [-0.2, 0) is 0 Å². The molecule has 0 nitrogen and oxygen atoms in total. The molecule has 0 aliphatic carbocycles. The molecule has 16 aromatic carbocycles. The third kappa shape index (κ3) is 8.90. The van der Waals surface area contributed by atoms with Crippen molar-refractivity contribution in [2.45, 2.75) is 0 Å². The zero-order valence-electron chi connectivity index (χ0n) is 46.3. The van der Waals surface area contributed by atoms with E-state index in [1.165, 1.54) is 154 Å². The van der Waals surface area contributed by atoms with Crippen LogP contribution >= 0.6 is 0 Å². The van der Waals surface area contributed by atoms with Crippen LogP contribution < -0.4 is 0 Å². The zero-order chi connectivity index (χ0) is 55.8. The smallest absolute Gasteiger partial charge is 0.000139 e. The lowest BCUT2D eigenvalue weighted by atomic mass is 9.77. The summed E-state index contributed by atoms with van der Waals surface area (Å²) in [5.41, 5.74) is 20.0. The Bertz CT molecular complexity index is 4560. The van der Waals surface area contributed by atoms with Crippen molar-refractivity contribution in [1.82, 2.24) is 0 Å². The Balaban J connectivity index is 0.000000143. The second-order valence-electron chi connectivity index (χ2n) is 21.7. The Morgan fingerprint density at radius 1 is 0.119 bits per heavy atom. The number of rotatable bonds is 8. The van der Waals surface area contributed by atoms with E-state index in [2.05, 4.69) is 340 Å². The molecule has 0 atom stereocenters. The predicted molar refractivity (Wildman–Crippen MR) is 361 cm³/mol. The average molecular weight is 1070 g/mol. The summed E-state index contributed by atoms with van der Waals surface area (Å²) in [4.78, 5) is 0. The molecule has 0 heteroatoms. The van der Waals surface area contributed by atoms with Crippen molar-refractivity contribution in [2.75, 3.05) is 0 Å². The summed E-state index contributed by atoms with van der Waals surface area (Å²) in [6.45, 7) is 0. The second-order valence-corrected chi connectivity index (χ2v) is 21.7. The quantitative estimate of drug-likeness (QED) is 0.133. The van der Waals surface area contributed by atoms with Gasteiger partial charge in [0.2, 0.25) is 0 Å². The van der Waals surface area contributed by atoms with Crippen LogP contribution in [0.15, 0.2) is 340 Å². The standard InChI is InChI=1S/2C42H28/c1-5-17-29(18-6-1)37-33-25-13-14-26-34(33)39(31-21-9-3-10-22-31)42-40(32-23-11-4-12-24-32)36-28-16-15-27-35(36)38(41(37)42)30-19-7-2-8-20-30;1-5-15-29(16-6-1)39-37-27-35-25-33-23-13-14-24-34(33)26-36(35)28-38(37)40(30-17-7-2-8-18-30)42(32-21-11-4-12-22-32)41(39)31-19-9-3-10-20-31/h2*1-28H. The summed E-state index contributed by atoms with van der Waals surface area (Å²) < 4.78 is 0. The van der Waals surface area contributed by atoms with Crippen LogP contribution in [0.25, 0.3) is 154 Å². The number of fused-ring (bicyclic) bond motifs is 6. The van der Waals surface area contributed by atoms with E-state index in [1.54, 1.807) is 0 Å². The molecule has 0 unspecified atom stereocenters. The Morgan fingerprint density at radius 3 is 0.548 bits per heavy atom. The molecule has 0 saturated carbocycles. The van der Waals surface area contributed by atoms with Crippen LogP contribution in [0, 0.1) is 0 Å². The highest BCUT2D eigenvalue weighted by Crippen LogP contribution is 2.55. The van der Waals surface area contributed by atoms with E-state index in [-0.39, 0.29) is 0 Å². The molecule has 16 rings (SSSR count). The summed E-state index contributed by atoms with van der Waals surface area (Å²) in [5.74, 6) is 0. The minimum absolute atomic E-state index is 1.22. The zero-order valence-corrected chi connectivity index (χ0v) is 46.3. The minimum Gasteiger partial charge on any atom is -0.0622 e. The van der Waals surface area contributed by atoms with Gasteiger partial charge in [-0.1, -0.05) is 315 Å². The summed E-state index contributed by atoms with van der Waals surface area (Å²) in [5, 5.41) is 15.2. The van der Waals surface area contributed by atoms with Gasteiger partial charge in [0.05, 0.1) is 0 Å². The second kappa shape index (κ2) is 21.9. The van der Waals surface area contributed by atoms with Gasteiger partial charge in [0.1, 0.15) is 0 Å². The van der Waals surface area contributed by atoms with Gasteiger partial charge in [-0.3, -0.25) is 0 Å². The molecule has 0 spiro atoms. The monoisotopic (exact) mass is 1060 g/mol. The van der Waals surface area contributed by atoms with E-state index in [0.717, 1.165) is 0 Å². The van der Waals surface area contributed by atoms with Gasteiger partial charge in [-0.25, -0.2) is 0 Å². The van der Waals surface area contributed by atoms with Crippen LogP contribution in [0.2, 0.25) is 0 Å². The molecule has 0 aliphatic heterocycles. The first-order valence-corrected chi connectivity index (χ1v) is 29.1. The Labute approximate surface area is 490 Å². The highest BCUT2D eigenvalue weighted by molar-refractivity contribution is 6.34. The normalized spacial score (nSPS) is 11.3. The third-order valence-corrected chi connectivity index (χ3v) is 16.8. The fourth-order valence-electron chi connectivity index (χ4n) is 13.3. The van der Waals surface area contributed by atoms with Gasteiger partial charge in [0, 0.05) is 0 Å². The van der Waals surface area contributed by atoms with Gasteiger partial charge in [0.25, 0.3) is 0 Å². The van der Waals surface area contributed by atoms with Gasteiger partial charge in [-0.2, -0.15) is 0 Å². The lowest BCUT2D eigenvalue weighted by Gasteiger charge is -2.25.